The largest absolute Gasteiger partial charge is 0.481 e. The number of carboxylic acids is 1. The summed E-state index contributed by atoms with van der Waals surface area (Å²) in [6.45, 7) is 2.16. The molecule has 0 aromatic heterocycles. The van der Waals surface area contributed by atoms with Gasteiger partial charge in [-0.2, -0.15) is 0 Å². The van der Waals surface area contributed by atoms with E-state index in [0.717, 1.165) is 44.9 Å². The Kier molecular flexibility index (Phi) is 18.3. The molecule has 1 N–H and O–H groups in total. The smallest absolute Gasteiger partial charge is 0.303 e. The van der Waals surface area contributed by atoms with Crippen LogP contribution in [-0.4, -0.2) is 11.1 Å². The Hall–Kier alpha value is -2.09. The van der Waals surface area contributed by atoms with Crippen molar-refractivity contribution in [2.75, 3.05) is 0 Å². The second-order valence-corrected chi connectivity index (χ2v) is 5.69. The maximum atomic E-state index is 10.3. The van der Waals surface area contributed by atoms with Crippen LogP contribution >= 0.6 is 0 Å². The highest BCUT2D eigenvalue weighted by atomic mass is 16.4. The molecule has 0 rings (SSSR count). The van der Waals surface area contributed by atoms with Crippen molar-refractivity contribution in [1.29, 1.82) is 0 Å². The van der Waals surface area contributed by atoms with Gasteiger partial charge in [0.05, 0.1) is 0 Å². The third-order valence-electron chi connectivity index (χ3n) is 3.35. The average molecular weight is 343 g/mol. The van der Waals surface area contributed by atoms with E-state index in [1.54, 1.807) is 0 Å². The van der Waals surface area contributed by atoms with Gasteiger partial charge in [-0.05, 0) is 51.4 Å². The van der Waals surface area contributed by atoms with Gasteiger partial charge in [0.2, 0.25) is 0 Å². The lowest BCUT2D eigenvalue weighted by Crippen LogP contribution is -1.91. The first kappa shape index (κ1) is 22.9. The second kappa shape index (κ2) is 20.0. The summed E-state index contributed by atoms with van der Waals surface area (Å²) < 4.78 is 0. The van der Waals surface area contributed by atoms with Crippen LogP contribution in [0.4, 0.5) is 0 Å². The average Bonchev–Trinajstić information content (AvgIpc) is 2.60. The first-order valence-electron chi connectivity index (χ1n) is 9.39. The Balaban J connectivity index is 3.50. The second-order valence-electron chi connectivity index (χ2n) is 5.69. The lowest BCUT2D eigenvalue weighted by Gasteiger charge is -1.87. The van der Waals surface area contributed by atoms with Gasteiger partial charge in [0.1, 0.15) is 0 Å². The highest BCUT2D eigenvalue weighted by Crippen LogP contribution is 1.98. The molecule has 0 unspecified atom stereocenters. The molecule has 0 amide bonds. The standard InChI is InChI=1S/C23H34O2/c1-2-3-4-5-6-7-8-9-10-11-12-13-14-15-16-17-18-19-20-21-22-23(24)25/h3-4,7-8,10-11,13-14,16-17,19-20H,2,5-6,9,12,15,18,21-22H2,1H3,(H,24,25). The van der Waals surface area contributed by atoms with Gasteiger partial charge >= 0.3 is 5.97 Å². The third kappa shape index (κ3) is 21.9. The number of unbranched alkanes of at least 4 members (excludes halogenated alkanes) is 1. The minimum Gasteiger partial charge on any atom is -0.481 e. The molecule has 0 aromatic carbocycles. The van der Waals surface area contributed by atoms with Crippen LogP contribution in [-0.2, 0) is 4.79 Å². The van der Waals surface area contributed by atoms with Crippen molar-refractivity contribution in [3.63, 3.8) is 0 Å². The fraction of sp³-hybridized carbons (Fsp3) is 0.435. The lowest BCUT2D eigenvalue weighted by molar-refractivity contribution is -0.136. The van der Waals surface area contributed by atoms with E-state index in [1.165, 1.54) is 0 Å². The van der Waals surface area contributed by atoms with Crippen LogP contribution in [0.15, 0.2) is 72.9 Å². The lowest BCUT2D eigenvalue weighted by atomic mass is 10.2. The SMILES string of the molecule is CCC=CCCC=CCC=CCC=CCC=CCC=CCCC(=O)O. The fourth-order valence-electron chi connectivity index (χ4n) is 2.00. The van der Waals surface area contributed by atoms with Crippen molar-refractivity contribution in [2.45, 2.75) is 64.7 Å². The molecular formula is C23H34O2. The Morgan fingerprint density at radius 1 is 0.600 bits per heavy atom. The molecule has 0 fully saturated rings. The predicted octanol–water partition coefficient (Wildman–Crippen LogP) is 6.94. The van der Waals surface area contributed by atoms with Gasteiger partial charge in [-0.3, -0.25) is 4.79 Å². The van der Waals surface area contributed by atoms with E-state index in [4.69, 9.17) is 5.11 Å². The molecule has 0 bridgehead atoms. The number of allylic oxidation sites excluding steroid dienone is 12. The molecule has 25 heavy (non-hydrogen) atoms. The molecular weight excluding hydrogens is 308 g/mol. The molecule has 0 aliphatic rings. The van der Waals surface area contributed by atoms with Crippen LogP contribution in [0.3, 0.4) is 0 Å². The normalized spacial score (nSPS) is 13.0. The van der Waals surface area contributed by atoms with Crippen LogP contribution < -0.4 is 0 Å². The van der Waals surface area contributed by atoms with Crippen molar-refractivity contribution in [1.82, 2.24) is 0 Å². The Bertz CT molecular complexity index is 476. The molecule has 0 atom stereocenters. The number of carbonyl (C=O) groups is 1. The molecule has 0 radical (unpaired) electrons. The summed E-state index contributed by atoms with van der Waals surface area (Å²) in [5.41, 5.74) is 0. The van der Waals surface area contributed by atoms with Gasteiger partial charge in [0, 0.05) is 6.42 Å². The molecule has 0 saturated heterocycles. The molecule has 138 valence electrons. The van der Waals surface area contributed by atoms with Crippen LogP contribution in [0.2, 0.25) is 0 Å². The van der Waals surface area contributed by atoms with E-state index in [-0.39, 0.29) is 6.42 Å². The minimum atomic E-state index is -0.741. The van der Waals surface area contributed by atoms with E-state index in [9.17, 15) is 4.79 Å². The number of carboxylic acid groups (broad SMARTS) is 1. The van der Waals surface area contributed by atoms with Crippen LogP contribution in [0.1, 0.15) is 64.7 Å². The van der Waals surface area contributed by atoms with Gasteiger partial charge in [-0.1, -0.05) is 79.8 Å². The Morgan fingerprint density at radius 3 is 1.36 bits per heavy atom. The minimum absolute atomic E-state index is 0.211. The van der Waals surface area contributed by atoms with Crippen molar-refractivity contribution in [3.8, 4) is 0 Å². The topological polar surface area (TPSA) is 37.3 Å². The zero-order valence-corrected chi connectivity index (χ0v) is 15.6. The van der Waals surface area contributed by atoms with Crippen molar-refractivity contribution in [2.24, 2.45) is 0 Å². The predicted molar refractivity (Wildman–Crippen MR) is 110 cm³/mol. The maximum Gasteiger partial charge on any atom is 0.303 e. The Labute approximate surface area is 154 Å². The first-order valence-corrected chi connectivity index (χ1v) is 9.39. The van der Waals surface area contributed by atoms with Crippen LogP contribution in [0.5, 0.6) is 0 Å². The molecule has 0 spiro atoms. The van der Waals surface area contributed by atoms with Crippen LogP contribution in [0, 0.1) is 0 Å². The summed E-state index contributed by atoms with van der Waals surface area (Å²) in [6, 6.07) is 0. The summed E-state index contributed by atoms with van der Waals surface area (Å²) >= 11 is 0. The van der Waals surface area contributed by atoms with Crippen molar-refractivity contribution in [3.05, 3.63) is 72.9 Å². The van der Waals surface area contributed by atoms with E-state index in [1.807, 2.05) is 12.2 Å². The number of rotatable bonds is 15. The van der Waals surface area contributed by atoms with Gasteiger partial charge in [0.25, 0.3) is 0 Å². The number of hydrogen-bond acceptors (Lipinski definition) is 1. The Morgan fingerprint density at radius 2 is 0.960 bits per heavy atom. The monoisotopic (exact) mass is 342 g/mol. The molecule has 0 aliphatic carbocycles. The zero-order valence-electron chi connectivity index (χ0n) is 15.6. The van der Waals surface area contributed by atoms with E-state index in [0.29, 0.717) is 6.42 Å². The van der Waals surface area contributed by atoms with Crippen molar-refractivity contribution >= 4 is 5.97 Å². The van der Waals surface area contributed by atoms with Crippen LogP contribution in [0.25, 0.3) is 0 Å². The summed E-state index contributed by atoms with van der Waals surface area (Å²) in [5.74, 6) is -0.741. The van der Waals surface area contributed by atoms with E-state index in [2.05, 4.69) is 67.7 Å². The summed E-state index contributed by atoms with van der Waals surface area (Å²) in [4.78, 5) is 10.3. The summed E-state index contributed by atoms with van der Waals surface area (Å²) in [7, 11) is 0. The highest BCUT2D eigenvalue weighted by molar-refractivity contribution is 5.66. The maximum absolute atomic E-state index is 10.3. The van der Waals surface area contributed by atoms with Crippen molar-refractivity contribution < 1.29 is 9.90 Å². The molecule has 0 heterocycles. The van der Waals surface area contributed by atoms with E-state index >= 15 is 0 Å². The number of aliphatic carboxylic acids is 1. The number of hydrogen-bond donors (Lipinski definition) is 1. The zero-order chi connectivity index (χ0) is 18.4. The highest BCUT2D eigenvalue weighted by Gasteiger charge is 1.90. The summed E-state index contributed by atoms with van der Waals surface area (Å²) in [5, 5.41) is 8.50. The molecule has 0 aliphatic heterocycles. The van der Waals surface area contributed by atoms with Gasteiger partial charge in [-0.15, -0.1) is 0 Å². The summed E-state index contributed by atoms with van der Waals surface area (Å²) in [6.07, 6.45) is 33.9. The van der Waals surface area contributed by atoms with Gasteiger partial charge in [0.15, 0.2) is 0 Å². The quantitative estimate of drug-likeness (QED) is 0.258. The van der Waals surface area contributed by atoms with Gasteiger partial charge in [-0.25, -0.2) is 0 Å². The van der Waals surface area contributed by atoms with E-state index < -0.39 is 5.97 Å². The fourth-order valence-corrected chi connectivity index (χ4v) is 2.00. The molecule has 0 saturated carbocycles. The third-order valence-corrected chi connectivity index (χ3v) is 3.35. The van der Waals surface area contributed by atoms with Gasteiger partial charge < -0.3 is 5.11 Å². The molecule has 2 nitrogen and oxygen atoms in total. The first-order chi connectivity index (χ1) is 12.3. The molecule has 0 aromatic rings. The molecule has 2 heteroatoms.